The minimum Gasteiger partial charge on any atom is -0.496 e. The van der Waals surface area contributed by atoms with Gasteiger partial charge in [-0.05, 0) is 110 Å². The summed E-state index contributed by atoms with van der Waals surface area (Å²) in [5.41, 5.74) is 12.3. The van der Waals surface area contributed by atoms with Crippen LogP contribution in [0.5, 0.6) is 23.0 Å². The molecular formula is C30H38O4. The number of hydrogen-bond acceptors (Lipinski definition) is 4. The largest absolute Gasteiger partial charge is 0.496 e. The standard InChI is InChI=1S/C30H38O4/c1-17-11-29(33-9)23(15-27(17)31-7)13-25-20(4)19(3)21(5)26(22(25)6)14-24-16-28(32-8)18(2)12-30(24)34-10/h11-12,15-16H,13-14H2,1-10H3. The minimum atomic E-state index is 0.778. The summed E-state index contributed by atoms with van der Waals surface area (Å²) in [6.07, 6.45) is 1.56. The Kier molecular flexibility index (Phi) is 7.81. The third-order valence-electron chi connectivity index (χ3n) is 7.27. The summed E-state index contributed by atoms with van der Waals surface area (Å²) in [6.45, 7) is 13.0. The lowest BCUT2D eigenvalue weighted by molar-refractivity contribution is 0.397. The quantitative estimate of drug-likeness (QED) is 0.371. The van der Waals surface area contributed by atoms with Crippen molar-refractivity contribution in [3.8, 4) is 23.0 Å². The lowest BCUT2D eigenvalue weighted by Crippen LogP contribution is -2.08. The molecule has 0 aromatic heterocycles. The molecule has 0 bridgehead atoms. The third-order valence-corrected chi connectivity index (χ3v) is 7.27. The Morgan fingerprint density at radius 1 is 0.441 bits per heavy atom. The molecule has 0 aliphatic rings. The molecular weight excluding hydrogens is 424 g/mol. The van der Waals surface area contributed by atoms with Crippen LogP contribution in [0.1, 0.15) is 55.6 Å². The molecule has 0 saturated heterocycles. The fraction of sp³-hybridized carbons (Fsp3) is 0.400. The second-order valence-corrected chi connectivity index (χ2v) is 9.08. The van der Waals surface area contributed by atoms with Crippen molar-refractivity contribution >= 4 is 0 Å². The molecule has 0 saturated carbocycles. The maximum Gasteiger partial charge on any atom is 0.122 e. The molecule has 0 atom stereocenters. The summed E-state index contributed by atoms with van der Waals surface area (Å²) in [6, 6.07) is 8.33. The lowest BCUT2D eigenvalue weighted by Gasteiger charge is -2.23. The molecule has 3 aromatic carbocycles. The highest BCUT2D eigenvalue weighted by Crippen LogP contribution is 2.36. The molecule has 0 amide bonds. The van der Waals surface area contributed by atoms with Crippen molar-refractivity contribution in [2.75, 3.05) is 28.4 Å². The predicted octanol–water partition coefficient (Wildman–Crippen LogP) is 6.75. The molecule has 3 rings (SSSR count). The Balaban J connectivity index is 2.15. The van der Waals surface area contributed by atoms with Gasteiger partial charge >= 0.3 is 0 Å². The molecule has 0 fully saturated rings. The van der Waals surface area contributed by atoms with Gasteiger partial charge in [-0.25, -0.2) is 0 Å². The van der Waals surface area contributed by atoms with Gasteiger partial charge in [0.15, 0.2) is 0 Å². The highest BCUT2D eigenvalue weighted by Gasteiger charge is 2.19. The molecule has 3 aromatic rings. The fourth-order valence-electron chi connectivity index (χ4n) is 4.89. The first-order valence-corrected chi connectivity index (χ1v) is 11.7. The number of aryl methyl sites for hydroxylation is 2. The number of ether oxygens (including phenoxy) is 4. The van der Waals surface area contributed by atoms with Crippen molar-refractivity contribution in [2.24, 2.45) is 0 Å². The lowest BCUT2D eigenvalue weighted by atomic mass is 9.83. The summed E-state index contributed by atoms with van der Waals surface area (Å²) < 4.78 is 22.7. The van der Waals surface area contributed by atoms with Gasteiger partial charge in [0.2, 0.25) is 0 Å². The van der Waals surface area contributed by atoms with Gasteiger partial charge in [0, 0.05) is 24.0 Å². The Morgan fingerprint density at radius 3 is 1.12 bits per heavy atom. The van der Waals surface area contributed by atoms with Gasteiger partial charge in [0.25, 0.3) is 0 Å². The second kappa shape index (κ2) is 10.4. The van der Waals surface area contributed by atoms with E-state index in [0.717, 1.165) is 58.1 Å². The van der Waals surface area contributed by atoms with Gasteiger partial charge in [-0.1, -0.05) is 0 Å². The van der Waals surface area contributed by atoms with E-state index in [1.165, 1.54) is 33.4 Å². The number of methoxy groups -OCH3 is 4. The van der Waals surface area contributed by atoms with E-state index in [-0.39, 0.29) is 0 Å². The second-order valence-electron chi connectivity index (χ2n) is 9.08. The van der Waals surface area contributed by atoms with Crippen LogP contribution in [0.2, 0.25) is 0 Å². The first-order chi connectivity index (χ1) is 16.2. The van der Waals surface area contributed by atoms with Crippen molar-refractivity contribution in [1.82, 2.24) is 0 Å². The van der Waals surface area contributed by atoms with Crippen molar-refractivity contribution in [2.45, 2.75) is 54.4 Å². The van der Waals surface area contributed by atoms with E-state index >= 15 is 0 Å². The average molecular weight is 463 g/mol. The van der Waals surface area contributed by atoms with Gasteiger partial charge in [-0.2, -0.15) is 0 Å². The van der Waals surface area contributed by atoms with E-state index < -0.39 is 0 Å². The molecule has 0 N–H and O–H groups in total. The number of benzene rings is 3. The molecule has 0 heterocycles. The minimum absolute atomic E-state index is 0.778. The predicted molar refractivity (Wildman–Crippen MR) is 140 cm³/mol. The third kappa shape index (κ3) is 4.72. The maximum atomic E-state index is 5.74. The molecule has 0 spiro atoms. The van der Waals surface area contributed by atoms with Gasteiger partial charge in [-0.15, -0.1) is 0 Å². The highest BCUT2D eigenvalue weighted by atomic mass is 16.5. The highest BCUT2D eigenvalue weighted by molar-refractivity contribution is 5.57. The fourth-order valence-corrected chi connectivity index (χ4v) is 4.89. The molecule has 4 heteroatoms. The molecule has 4 nitrogen and oxygen atoms in total. The van der Waals surface area contributed by atoms with E-state index in [4.69, 9.17) is 18.9 Å². The smallest absolute Gasteiger partial charge is 0.122 e. The Morgan fingerprint density at radius 2 is 0.794 bits per heavy atom. The van der Waals surface area contributed by atoms with Crippen LogP contribution in [0.15, 0.2) is 24.3 Å². The summed E-state index contributed by atoms with van der Waals surface area (Å²) in [5.74, 6) is 3.54. The number of hydrogen-bond donors (Lipinski definition) is 0. The maximum absolute atomic E-state index is 5.74. The molecule has 34 heavy (non-hydrogen) atoms. The SMILES string of the molecule is COc1cc(Cc2c(C)c(C)c(C)c(Cc3cc(OC)c(C)cc3OC)c2C)c(OC)cc1C. The zero-order valence-electron chi connectivity index (χ0n) is 22.4. The van der Waals surface area contributed by atoms with E-state index in [1.54, 1.807) is 28.4 Å². The summed E-state index contributed by atoms with van der Waals surface area (Å²) >= 11 is 0. The van der Waals surface area contributed by atoms with Crippen LogP contribution >= 0.6 is 0 Å². The van der Waals surface area contributed by atoms with Gasteiger partial charge in [0.05, 0.1) is 28.4 Å². The van der Waals surface area contributed by atoms with Crippen LogP contribution in [0.3, 0.4) is 0 Å². The van der Waals surface area contributed by atoms with E-state index in [9.17, 15) is 0 Å². The molecule has 0 aliphatic carbocycles. The Labute approximate surface area is 204 Å². The van der Waals surface area contributed by atoms with E-state index in [2.05, 4.69) is 52.0 Å². The van der Waals surface area contributed by atoms with Crippen molar-refractivity contribution in [3.05, 3.63) is 79.9 Å². The summed E-state index contributed by atoms with van der Waals surface area (Å²) in [5, 5.41) is 0. The van der Waals surface area contributed by atoms with Crippen molar-refractivity contribution in [1.29, 1.82) is 0 Å². The first kappa shape index (κ1) is 25.5. The molecule has 0 aliphatic heterocycles. The van der Waals surface area contributed by atoms with Gasteiger partial charge in [-0.3, -0.25) is 0 Å². The van der Waals surface area contributed by atoms with Crippen LogP contribution in [0, 0.1) is 41.5 Å². The van der Waals surface area contributed by atoms with Crippen LogP contribution in [-0.2, 0) is 12.8 Å². The average Bonchev–Trinajstić information content (AvgIpc) is 2.84. The van der Waals surface area contributed by atoms with Crippen LogP contribution in [0.4, 0.5) is 0 Å². The monoisotopic (exact) mass is 462 g/mol. The van der Waals surface area contributed by atoms with Crippen LogP contribution in [-0.4, -0.2) is 28.4 Å². The normalized spacial score (nSPS) is 10.9. The van der Waals surface area contributed by atoms with E-state index in [0.29, 0.717) is 0 Å². The van der Waals surface area contributed by atoms with Crippen LogP contribution in [0.25, 0.3) is 0 Å². The molecule has 0 unspecified atom stereocenters. The zero-order valence-corrected chi connectivity index (χ0v) is 22.4. The van der Waals surface area contributed by atoms with Gasteiger partial charge in [0.1, 0.15) is 23.0 Å². The molecule has 182 valence electrons. The number of rotatable bonds is 8. The summed E-state index contributed by atoms with van der Waals surface area (Å²) in [4.78, 5) is 0. The van der Waals surface area contributed by atoms with Crippen molar-refractivity contribution < 1.29 is 18.9 Å². The Hall–Kier alpha value is -3.14. The van der Waals surface area contributed by atoms with Crippen molar-refractivity contribution in [3.63, 3.8) is 0 Å². The zero-order chi connectivity index (χ0) is 25.2. The summed E-state index contributed by atoms with van der Waals surface area (Å²) in [7, 11) is 6.89. The van der Waals surface area contributed by atoms with Gasteiger partial charge < -0.3 is 18.9 Å². The first-order valence-electron chi connectivity index (χ1n) is 11.7. The van der Waals surface area contributed by atoms with Crippen LogP contribution < -0.4 is 18.9 Å². The van der Waals surface area contributed by atoms with E-state index in [1.807, 2.05) is 13.8 Å². The topological polar surface area (TPSA) is 36.9 Å². The Bertz CT molecular complexity index is 1120. The molecule has 0 radical (unpaired) electrons.